The number of halogens is 1. The smallest absolute Gasteiger partial charge is 0.106 e. The van der Waals surface area contributed by atoms with Gasteiger partial charge in [0.05, 0.1) is 12.7 Å². The summed E-state index contributed by atoms with van der Waals surface area (Å²) < 4.78 is 0. The highest BCUT2D eigenvalue weighted by Gasteiger charge is 2.15. The Morgan fingerprint density at radius 2 is 1.76 bits per heavy atom. The van der Waals surface area contributed by atoms with E-state index >= 15 is 0 Å². The first-order valence-corrected chi connectivity index (χ1v) is 7.05. The molecule has 0 saturated carbocycles. The predicted octanol–water partition coefficient (Wildman–Crippen LogP) is 2.19. The van der Waals surface area contributed by atoms with E-state index in [0.29, 0.717) is 16.3 Å². The second kappa shape index (κ2) is 7.43. The Morgan fingerprint density at radius 1 is 1.05 bits per heavy atom. The average Bonchev–Trinajstić information content (AvgIpc) is 2.53. The third-order valence-electron chi connectivity index (χ3n) is 3.16. The molecule has 4 nitrogen and oxygen atoms in total. The summed E-state index contributed by atoms with van der Waals surface area (Å²) in [7, 11) is 0. The van der Waals surface area contributed by atoms with Crippen molar-refractivity contribution in [1.29, 1.82) is 0 Å². The van der Waals surface area contributed by atoms with Crippen LogP contribution in [0.1, 0.15) is 17.2 Å². The van der Waals surface area contributed by atoms with Crippen LogP contribution in [0.2, 0.25) is 5.02 Å². The number of hydrogen-bond acceptors (Lipinski definition) is 4. The molecule has 0 aliphatic heterocycles. The van der Waals surface area contributed by atoms with Crippen molar-refractivity contribution in [3.8, 4) is 0 Å². The molecule has 112 valence electrons. The summed E-state index contributed by atoms with van der Waals surface area (Å²) >= 11 is 6.01. The monoisotopic (exact) mass is 307 g/mol. The van der Waals surface area contributed by atoms with Gasteiger partial charge in [0.15, 0.2) is 0 Å². The summed E-state index contributed by atoms with van der Waals surface area (Å²) in [5.41, 5.74) is 2.05. The molecular formula is C16H18ClNO3. The molecule has 2 atom stereocenters. The van der Waals surface area contributed by atoms with E-state index in [2.05, 4.69) is 5.32 Å². The van der Waals surface area contributed by atoms with Gasteiger partial charge in [0.25, 0.3) is 0 Å². The molecule has 21 heavy (non-hydrogen) atoms. The topological polar surface area (TPSA) is 72.7 Å². The Morgan fingerprint density at radius 3 is 2.43 bits per heavy atom. The largest absolute Gasteiger partial charge is 0.394 e. The Labute approximate surface area is 128 Å². The first-order chi connectivity index (χ1) is 10.1. The molecule has 0 heterocycles. The molecule has 2 unspecified atom stereocenters. The fourth-order valence-electron chi connectivity index (χ4n) is 2.03. The van der Waals surface area contributed by atoms with Crippen LogP contribution in [0.25, 0.3) is 0 Å². The molecular weight excluding hydrogens is 290 g/mol. The highest BCUT2D eigenvalue weighted by Crippen LogP contribution is 2.30. The maximum atomic E-state index is 10.5. The van der Waals surface area contributed by atoms with E-state index in [1.165, 1.54) is 0 Å². The zero-order chi connectivity index (χ0) is 15.2. The van der Waals surface area contributed by atoms with Crippen molar-refractivity contribution >= 4 is 17.3 Å². The molecule has 0 aliphatic carbocycles. The van der Waals surface area contributed by atoms with Gasteiger partial charge in [-0.15, -0.1) is 0 Å². The minimum Gasteiger partial charge on any atom is -0.394 e. The number of aliphatic hydroxyl groups is 3. The maximum Gasteiger partial charge on any atom is 0.106 e. The lowest BCUT2D eigenvalue weighted by molar-refractivity contribution is 0.105. The van der Waals surface area contributed by atoms with Crippen molar-refractivity contribution in [2.45, 2.75) is 12.2 Å². The zero-order valence-electron chi connectivity index (χ0n) is 11.4. The van der Waals surface area contributed by atoms with Crippen LogP contribution in [-0.4, -0.2) is 34.6 Å². The van der Waals surface area contributed by atoms with Crippen LogP contribution in [0.3, 0.4) is 0 Å². The quantitative estimate of drug-likeness (QED) is 0.660. The third-order valence-corrected chi connectivity index (χ3v) is 3.40. The first kappa shape index (κ1) is 15.8. The molecule has 0 fully saturated rings. The second-order valence-corrected chi connectivity index (χ2v) is 5.20. The summed E-state index contributed by atoms with van der Waals surface area (Å²) in [6.45, 7) is -0.135. The molecule has 0 spiro atoms. The van der Waals surface area contributed by atoms with Crippen molar-refractivity contribution in [2.24, 2.45) is 0 Å². The Balaban J connectivity index is 2.26. The predicted molar refractivity (Wildman–Crippen MR) is 83.5 cm³/mol. The van der Waals surface area contributed by atoms with Gasteiger partial charge in [0.2, 0.25) is 0 Å². The van der Waals surface area contributed by atoms with E-state index in [-0.39, 0.29) is 13.2 Å². The van der Waals surface area contributed by atoms with Gasteiger partial charge in [0.1, 0.15) is 6.10 Å². The second-order valence-electron chi connectivity index (χ2n) is 4.76. The Bertz CT molecular complexity index is 577. The number of aliphatic hydroxyl groups excluding tert-OH is 3. The van der Waals surface area contributed by atoms with Crippen molar-refractivity contribution in [2.75, 3.05) is 18.5 Å². The standard InChI is InChI=1S/C16H18ClNO3/c17-12-6-7-15(18-9-13(20)10-19)14(8-12)16(21)11-4-2-1-3-5-11/h1-8,13,16,18-21H,9-10H2. The number of benzene rings is 2. The lowest BCUT2D eigenvalue weighted by Crippen LogP contribution is -2.23. The van der Waals surface area contributed by atoms with E-state index in [1.54, 1.807) is 18.2 Å². The molecule has 0 amide bonds. The van der Waals surface area contributed by atoms with E-state index < -0.39 is 12.2 Å². The van der Waals surface area contributed by atoms with Gasteiger partial charge in [-0.2, -0.15) is 0 Å². The van der Waals surface area contributed by atoms with Crippen molar-refractivity contribution in [3.05, 3.63) is 64.7 Å². The number of rotatable bonds is 6. The fraction of sp³-hybridized carbons (Fsp3) is 0.250. The molecule has 0 aromatic heterocycles. The van der Waals surface area contributed by atoms with Gasteiger partial charge in [-0.1, -0.05) is 41.9 Å². The maximum absolute atomic E-state index is 10.5. The van der Waals surface area contributed by atoms with E-state index in [9.17, 15) is 10.2 Å². The molecule has 2 aromatic rings. The minimum absolute atomic E-state index is 0.187. The summed E-state index contributed by atoms with van der Waals surface area (Å²) in [5.74, 6) is 0. The summed E-state index contributed by atoms with van der Waals surface area (Å²) in [5, 5.41) is 32.3. The number of hydrogen-bond donors (Lipinski definition) is 4. The molecule has 5 heteroatoms. The molecule has 0 aliphatic rings. The molecule has 0 saturated heterocycles. The first-order valence-electron chi connectivity index (χ1n) is 6.67. The molecule has 0 radical (unpaired) electrons. The van der Waals surface area contributed by atoms with Crippen LogP contribution in [0.4, 0.5) is 5.69 Å². The van der Waals surface area contributed by atoms with Crippen LogP contribution in [0.15, 0.2) is 48.5 Å². The lowest BCUT2D eigenvalue weighted by Gasteiger charge is -2.18. The highest BCUT2D eigenvalue weighted by atomic mass is 35.5. The van der Waals surface area contributed by atoms with Gasteiger partial charge in [-0.3, -0.25) is 0 Å². The van der Waals surface area contributed by atoms with Crippen molar-refractivity contribution in [3.63, 3.8) is 0 Å². The van der Waals surface area contributed by atoms with Crippen molar-refractivity contribution in [1.82, 2.24) is 0 Å². The van der Waals surface area contributed by atoms with Crippen molar-refractivity contribution < 1.29 is 15.3 Å². The van der Waals surface area contributed by atoms with E-state index in [0.717, 1.165) is 5.56 Å². The van der Waals surface area contributed by atoms with Gasteiger partial charge >= 0.3 is 0 Å². The third kappa shape index (κ3) is 4.19. The minimum atomic E-state index is -0.859. The molecule has 0 bridgehead atoms. The SMILES string of the molecule is OCC(O)CNc1ccc(Cl)cc1C(O)c1ccccc1. The van der Waals surface area contributed by atoms with E-state index in [4.69, 9.17) is 16.7 Å². The Hall–Kier alpha value is -1.59. The molecule has 2 aromatic carbocycles. The van der Waals surface area contributed by atoms with Gasteiger partial charge in [0, 0.05) is 22.8 Å². The van der Waals surface area contributed by atoms with Gasteiger partial charge < -0.3 is 20.6 Å². The summed E-state index contributed by atoms with van der Waals surface area (Å²) in [4.78, 5) is 0. The fourth-order valence-corrected chi connectivity index (χ4v) is 2.21. The van der Waals surface area contributed by atoms with Crippen LogP contribution < -0.4 is 5.32 Å². The Kier molecular flexibility index (Phi) is 5.59. The highest BCUT2D eigenvalue weighted by molar-refractivity contribution is 6.30. The van der Waals surface area contributed by atoms with Crippen LogP contribution in [0.5, 0.6) is 0 Å². The lowest BCUT2D eigenvalue weighted by atomic mass is 10.00. The van der Waals surface area contributed by atoms with Gasteiger partial charge in [-0.05, 0) is 23.8 Å². The van der Waals surface area contributed by atoms with Gasteiger partial charge in [-0.25, -0.2) is 0 Å². The average molecular weight is 308 g/mol. The molecule has 2 rings (SSSR count). The van der Waals surface area contributed by atoms with Crippen LogP contribution in [-0.2, 0) is 0 Å². The normalized spacial score (nSPS) is 13.7. The van der Waals surface area contributed by atoms with Crippen LogP contribution in [0, 0.1) is 0 Å². The summed E-state index contributed by atoms with van der Waals surface area (Å²) in [6, 6.07) is 14.4. The van der Waals surface area contributed by atoms with Crippen LogP contribution >= 0.6 is 11.6 Å². The number of nitrogens with one attached hydrogen (secondary N) is 1. The summed E-state index contributed by atoms with van der Waals surface area (Å²) in [6.07, 6.45) is -1.68. The molecule has 4 N–H and O–H groups in total. The zero-order valence-corrected chi connectivity index (χ0v) is 12.2. The van der Waals surface area contributed by atoms with E-state index in [1.807, 2.05) is 30.3 Å². The number of anilines is 1.